The maximum Gasteiger partial charge on any atom is 0.227 e. The highest BCUT2D eigenvalue weighted by Crippen LogP contribution is 2.43. The minimum absolute atomic E-state index is 0.237. The van der Waals surface area contributed by atoms with Gasteiger partial charge in [0.1, 0.15) is 12.4 Å². The van der Waals surface area contributed by atoms with Crippen LogP contribution in [0, 0.1) is 0 Å². The average molecular weight is 528 g/mol. The molecule has 2 aromatic carbocycles. The molecule has 1 amide bonds. The third kappa shape index (κ3) is 5.73. The number of carbonyl (C=O) groups is 1. The van der Waals surface area contributed by atoms with Gasteiger partial charge in [-0.3, -0.25) is 14.6 Å². The van der Waals surface area contributed by atoms with Gasteiger partial charge in [-0.1, -0.05) is 48.6 Å². The fourth-order valence-corrected chi connectivity index (χ4v) is 6.83. The van der Waals surface area contributed by atoms with Crippen molar-refractivity contribution in [3.05, 3.63) is 93.7 Å². The quantitative estimate of drug-likeness (QED) is 0.410. The normalized spacial score (nSPS) is 19.1. The predicted molar refractivity (Wildman–Crippen MR) is 155 cm³/mol. The number of amides is 1. The lowest BCUT2D eigenvalue weighted by atomic mass is 9.74. The average Bonchev–Trinajstić information content (AvgIpc) is 3.59. The fraction of sp³-hybridized carbons (Fsp3) is 0.406. The van der Waals surface area contributed by atoms with Crippen molar-refractivity contribution in [3.8, 4) is 5.75 Å². The SMILES string of the molecule is O=C(Cc1ccsc1)N1CCN(CCOc2cccc(CN3CCC4(C=Cc5ccccc54)CC3)c2)CC1. The Balaban J connectivity index is 0.928. The van der Waals surface area contributed by atoms with Gasteiger partial charge in [0, 0.05) is 44.7 Å². The van der Waals surface area contributed by atoms with E-state index in [1.54, 1.807) is 11.3 Å². The molecular formula is C32H37N3O2S. The van der Waals surface area contributed by atoms with Gasteiger partial charge >= 0.3 is 0 Å². The van der Waals surface area contributed by atoms with Crippen LogP contribution in [0.5, 0.6) is 5.75 Å². The van der Waals surface area contributed by atoms with E-state index in [1.807, 2.05) is 16.3 Å². The number of fused-ring (bicyclic) bond motifs is 2. The lowest BCUT2D eigenvalue weighted by Crippen LogP contribution is -2.49. The zero-order valence-corrected chi connectivity index (χ0v) is 22.9. The molecule has 38 heavy (non-hydrogen) atoms. The molecule has 0 bridgehead atoms. The molecule has 0 saturated carbocycles. The Morgan fingerprint density at radius 2 is 1.74 bits per heavy atom. The van der Waals surface area contributed by atoms with Crippen molar-refractivity contribution in [1.82, 2.24) is 14.7 Å². The molecular weight excluding hydrogens is 490 g/mol. The number of allylic oxidation sites excluding steroid dienone is 1. The van der Waals surface area contributed by atoms with E-state index >= 15 is 0 Å². The Bertz CT molecular complexity index is 1260. The van der Waals surface area contributed by atoms with Gasteiger partial charge in [-0.15, -0.1) is 0 Å². The first-order valence-corrected chi connectivity index (χ1v) is 14.9. The number of piperidine rings is 1. The van der Waals surface area contributed by atoms with Crippen molar-refractivity contribution < 1.29 is 9.53 Å². The van der Waals surface area contributed by atoms with Crippen LogP contribution >= 0.6 is 11.3 Å². The molecule has 1 aromatic heterocycles. The summed E-state index contributed by atoms with van der Waals surface area (Å²) in [6, 6.07) is 19.5. The van der Waals surface area contributed by atoms with Gasteiger partial charge in [0.15, 0.2) is 0 Å². The monoisotopic (exact) mass is 527 g/mol. The predicted octanol–water partition coefficient (Wildman–Crippen LogP) is 5.07. The highest BCUT2D eigenvalue weighted by Gasteiger charge is 2.37. The van der Waals surface area contributed by atoms with Gasteiger partial charge in [0.25, 0.3) is 0 Å². The van der Waals surface area contributed by atoms with Crippen molar-refractivity contribution in [2.45, 2.75) is 31.2 Å². The van der Waals surface area contributed by atoms with E-state index in [1.165, 1.54) is 29.5 Å². The number of hydrogen-bond donors (Lipinski definition) is 0. The van der Waals surface area contributed by atoms with Gasteiger partial charge in [-0.2, -0.15) is 11.3 Å². The Hall–Kier alpha value is -2.93. The second kappa shape index (κ2) is 11.4. The summed E-state index contributed by atoms with van der Waals surface area (Å²) >= 11 is 1.65. The Labute approximate surface area is 230 Å². The minimum Gasteiger partial charge on any atom is -0.492 e. The molecule has 6 heteroatoms. The number of carbonyl (C=O) groups excluding carboxylic acids is 1. The second-order valence-electron chi connectivity index (χ2n) is 10.9. The highest BCUT2D eigenvalue weighted by atomic mass is 32.1. The van der Waals surface area contributed by atoms with Crippen LogP contribution in [0.4, 0.5) is 0 Å². The number of hydrogen-bond acceptors (Lipinski definition) is 5. The van der Waals surface area contributed by atoms with E-state index < -0.39 is 0 Å². The van der Waals surface area contributed by atoms with Gasteiger partial charge in [-0.25, -0.2) is 0 Å². The maximum atomic E-state index is 12.5. The molecule has 3 aliphatic rings. The molecule has 3 heterocycles. The first kappa shape index (κ1) is 25.4. The molecule has 2 saturated heterocycles. The summed E-state index contributed by atoms with van der Waals surface area (Å²) < 4.78 is 6.15. The van der Waals surface area contributed by atoms with E-state index in [2.05, 4.69) is 75.9 Å². The Morgan fingerprint density at radius 1 is 0.895 bits per heavy atom. The number of piperazine rings is 1. The zero-order valence-electron chi connectivity index (χ0n) is 22.1. The van der Waals surface area contributed by atoms with Crippen LogP contribution in [0.15, 0.2) is 71.4 Å². The van der Waals surface area contributed by atoms with Crippen LogP contribution < -0.4 is 4.74 Å². The van der Waals surface area contributed by atoms with E-state index in [4.69, 9.17) is 4.74 Å². The Morgan fingerprint density at radius 3 is 2.55 bits per heavy atom. The molecule has 2 aliphatic heterocycles. The van der Waals surface area contributed by atoms with Crippen LogP contribution in [-0.4, -0.2) is 73.0 Å². The first-order chi connectivity index (χ1) is 18.7. The van der Waals surface area contributed by atoms with E-state index in [9.17, 15) is 4.79 Å². The standard InChI is InChI=1S/C32H37N3O2S/c36-31(23-27-9-21-38-25-27)35-17-15-33(16-18-35)19-20-37-29-6-3-4-26(22-29)24-34-13-11-32(12-14-34)10-8-28-5-1-2-7-30(28)32/h1-10,21-22,25H,11-20,23-24H2. The van der Waals surface area contributed by atoms with Crippen LogP contribution in [-0.2, 0) is 23.2 Å². The molecule has 0 unspecified atom stereocenters. The topological polar surface area (TPSA) is 36.0 Å². The number of rotatable bonds is 8. The summed E-state index contributed by atoms with van der Waals surface area (Å²) in [4.78, 5) is 19.5. The zero-order chi connectivity index (χ0) is 25.8. The van der Waals surface area contributed by atoms with Crippen molar-refractivity contribution >= 4 is 23.3 Å². The summed E-state index contributed by atoms with van der Waals surface area (Å²) in [5.41, 5.74) is 5.59. The molecule has 2 fully saturated rings. The molecule has 6 rings (SSSR count). The lowest BCUT2D eigenvalue weighted by molar-refractivity contribution is -0.132. The highest BCUT2D eigenvalue weighted by molar-refractivity contribution is 7.08. The first-order valence-electron chi connectivity index (χ1n) is 13.9. The molecule has 0 radical (unpaired) electrons. The van der Waals surface area contributed by atoms with Crippen LogP contribution in [0.1, 0.15) is 35.1 Å². The van der Waals surface area contributed by atoms with Gasteiger partial charge < -0.3 is 9.64 Å². The van der Waals surface area contributed by atoms with Crippen molar-refractivity contribution in [2.75, 3.05) is 52.4 Å². The van der Waals surface area contributed by atoms with E-state index in [-0.39, 0.29) is 11.3 Å². The van der Waals surface area contributed by atoms with Gasteiger partial charge in [0.05, 0.1) is 6.42 Å². The summed E-state index contributed by atoms with van der Waals surface area (Å²) in [6.45, 7) is 8.19. The van der Waals surface area contributed by atoms with Crippen LogP contribution in [0.25, 0.3) is 6.08 Å². The lowest BCUT2D eigenvalue weighted by Gasteiger charge is -2.39. The smallest absolute Gasteiger partial charge is 0.227 e. The molecule has 1 spiro atoms. The number of thiophene rings is 1. The van der Waals surface area contributed by atoms with E-state index in [0.29, 0.717) is 13.0 Å². The number of nitrogens with zero attached hydrogens (tertiary/aromatic N) is 3. The third-order valence-electron chi connectivity index (χ3n) is 8.47. The largest absolute Gasteiger partial charge is 0.492 e. The maximum absolute atomic E-state index is 12.5. The van der Waals surface area contributed by atoms with Crippen molar-refractivity contribution in [2.24, 2.45) is 0 Å². The van der Waals surface area contributed by atoms with Gasteiger partial charge in [0.2, 0.25) is 5.91 Å². The number of likely N-dealkylation sites (tertiary alicyclic amines) is 1. The van der Waals surface area contributed by atoms with Crippen LogP contribution in [0.3, 0.4) is 0 Å². The molecule has 0 N–H and O–H groups in total. The fourth-order valence-electron chi connectivity index (χ4n) is 6.17. The molecule has 5 nitrogen and oxygen atoms in total. The molecule has 198 valence electrons. The van der Waals surface area contributed by atoms with Gasteiger partial charge in [-0.05, 0) is 77.1 Å². The third-order valence-corrected chi connectivity index (χ3v) is 9.20. The molecule has 1 aliphatic carbocycles. The van der Waals surface area contributed by atoms with Crippen molar-refractivity contribution in [1.29, 1.82) is 0 Å². The number of benzene rings is 2. The summed E-state index contributed by atoms with van der Waals surface area (Å²) in [5, 5.41) is 4.10. The Kier molecular flexibility index (Phi) is 7.63. The summed E-state index contributed by atoms with van der Waals surface area (Å²) in [5.74, 6) is 1.19. The van der Waals surface area contributed by atoms with Crippen molar-refractivity contribution in [3.63, 3.8) is 0 Å². The summed E-state index contributed by atoms with van der Waals surface area (Å²) in [6.07, 6.45) is 7.66. The minimum atomic E-state index is 0.237. The molecule has 3 aromatic rings. The number of ether oxygens (including phenoxy) is 1. The summed E-state index contributed by atoms with van der Waals surface area (Å²) in [7, 11) is 0. The van der Waals surface area contributed by atoms with Crippen LogP contribution in [0.2, 0.25) is 0 Å². The second-order valence-corrected chi connectivity index (χ2v) is 11.7. The van der Waals surface area contributed by atoms with E-state index in [0.717, 1.165) is 63.7 Å². The molecule has 0 atom stereocenters.